The average molecular weight is 403 g/mol. The van der Waals surface area contributed by atoms with Gasteiger partial charge in [0, 0.05) is 25.3 Å². The van der Waals surface area contributed by atoms with Crippen molar-refractivity contribution >= 4 is 21.4 Å². The van der Waals surface area contributed by atoms with E-state index < -0.39 is 9.84 Å². The van der Waals surface area contributed by atoms with Crippen LogP contribution in [0, 0.1) is 0 Å². The third-order valence-electron chi connectivity index (χ3n) is 5.13. The largest absolute Gasteiger partial charge is 0.497 e. The number of amides is 1. The molecular weight excluding hydrogens is 376 g/mol. The molecule has 2 aromatic carbocycles. The minimum atomic E-state index is -3.03. The molecule has 0 aromatic heterocycles. The summed E-state index contributed by atoms with van der Waals surface area (Å²) in [7, 11) is 0.281. The van der Waals surface area contributed by atoms with E-state index in [1.165, 1.54) is 0 Å². The Morgan fingerprint density at radius 1 is 1.11 bits per heavy atom. The lowest BCUT2D eigenvalue weighted by Crippen LogP contribution is -2.44. The van der Waals surface area contributed by atoms with Crippen molar-refractivity contribution < 1.29 is 17.9 Å². The lowest BCUT2D eigenvalue weighted by Gasteiger charge is -2.29. The second kappa shape index (κ2) is 8.65. The van der Waals surface area contributed by atoms with Crippen molar-refractivity contribution in [2.45, 2.75) is 19.0 Å². The van der Waals surface area contributed by atoms with Crippen molar-refractivity contribution in [3.8, 4) is 5.75 Å². The first-order valence-corrected chi connectivity index (χ1v) is 11.1. The fraction of sp³-hybridized carbons (Fsp3) is 0.381. The van der Waals surface area contributed by atoms with Crippen LogP contribution in [0.1, 0.15) is 12.0 Å². The number of hydrogen-bond acceptors (Lipinski definition) is 5. The third kappa shape index (κ3) is 5.04. The molecule has 0 radical (unpaired) electrons. The molecular formula is C21H26N2O4S. The van der Waals surface area contributed by atoms with Crippen LogP contribution in [0.15, 0.2) is 54.6 Å². The zero-order valence-corrected chi connectivity index (χ0v) is 17.1. The number of sulfone groups is 1. The molecule has 1 fully saturated rings. The summed E-state index contributed by atoms with van der Waals surface area (Å²) < 4.78 is 28.7. The molecule has 0 spiro atoms. The molecule has 1 aliphatic rings. The Labute approximate surface area is 166 Å². The van der Waals surface area contributed by atoms with Crippen molar-refractivity contribution in [1.82, 2.24) is 4.90 Å². The molecule has 1 unspecified atom stereocenters. The van der Waals surface area contributed by atoms with Gasteiger partial charge in [0.1, 0.15) is 5.75 Å². The van der Waals surface area contributed by atoms with Crippen molar-refractivity contribution in [3.63, 3.8) is 0 Å². The predicted molar refractivity (Wildman–Crippen MR) is 110 cm³/mol. The molecule has 150 valence electrons. The Morgan fingerprint density at radius 3 is 2.36 bits per heavy atom. The molecule has 0 bridgehead atoms. The molecule has 6 nitrogen and oxygen atoms in total. The summed E-state index contributed by atoms with van der Waals surface area (Å²) in [6, 6.07) is 17.3. The highest BCUT2D eigenvalue weighted by molar-refractivity contribution is 7.91. The first-order chi connectivity index (χ1) is 13.4. The van der Waals surface area contributed by atoms with Gasteiger partial charge in [0.15, 0.2) is 9.84 Å². The normalized spacial score (nSPS) is 17.9. The minimum Gasteiger partial charge on any atom is -0.497 e. The number of anilines is 1. The first kappa shape index (κ1) is 20.2. The Morgan fingerprint density at radius 2 is 1.79 bits per heavy atom. The summed E-state index contributed by atoms with van der Waals surface area (Å²) in [5, 5.41) is 0. The van der Waals surface area contributed by atoms with Gasteiger partial charge in [0.25, 0.3) is 0 Å². The maximum absolute atomic E-state index is 12.9. The smallest absolute Gasteiger partial charge is 0.242 e. The second-order valence-electron chi connectivity index (χ2n) is 7.10. The summed E-state index contributed by atoms with van der Waals surface area (Å²) in [6.45, 7) is 0.754. The monoisotopic (exact) mass is 402 g/mol. The van der Waals surface area contributed by atoms with E-state index in [0.717, 1.165) is 17.0 Å². The molecule has 1 aliphatic heterocycles. The third-order valence-corrected chi connectivity index (χ3v) is 6.88. The molecule has 1 amide bonds. The van der Waals surface area contributed by atoms with E-state index in [-0.39, 0.29) is 30.0 Å². The fourth-order valence-electron chi connectivity index (χ4n) is 3.39. The fourth-order valence-corrected chi connectivity index (χ4v) is 5.17. The minimum absolute atomic E-state index is 0.0520. The molecule has 2 aromatic rings. The van der Waals surface area contributed by atoms with Crippen molar-refractivity contribution in [2.75, 3.05) is 37.1 Å². The van der Waals surface area contributed by atoms with Gasteiger partial charge in [0.05, 0.1) is 25.2 Å². The van der Waals surface area contributed by atoms with Crippen molar-refractivity contribution in [2.24, 2.45) is 0 Å². The predicted octanol–water partition coefficient (Wildman–Crippen LogP) is 2.35. The molecule has 1 atom stereocenters. The van der Waals surface area contributed by atoms with Crippen LogP contribution in [-0.4, -0.2) is 57.5 Å². The number of ether oxygens (including phenoxy) is 1. The van der Waals surface area contributed by atoms with Crippen LogP contribution in [0.4, 0.5) is 5.69 Å². The number of carbonyl (C=O) groups is 1. The van der Waals surface area contributed by atoms with Gasteiger partial charge < -0.3 is 14.5 Å². The molecule has 28 heavy (non-hydrogen) atoms. The lowest BCUT2D eigenvalue weighted by atomic mass is 10.2. The van der Waals surface area contributed by atoms with E-state index in [4.69, 9.17) is 4.74 Å². The number of likely N-dealkylation sites (N-methyl/N-ethyl adjacent to an activating group) is 1. The van der Waals surface area contributed by atoms with Gasteiger partial charge in [0.2, 0.25) is 5.91 Å². The van der Waals surface area contributed by atoms with E-state index in [0.29, 0.717) is 13.0 Å². The Kier molecular flexibility index (Phi) is 6.24. The van der Waals surface area contributed by atoms with Crippen LogP contribution in [0.3, 0.4) is 0 Å². The topological polar surface area (TPSA) is 66.9 Å². The van der Waals surface area contributed by atoms with Crippen molar-refractivity contribution in [1.29, 1.82) is 0 Å². The highest BCUT2D eigenvalue weighted by Crippen LogP contribution is 2.22. The van der Waals surface area contributed by atoms with Crippen LogP contribution in [0.5, 0.6) is 5.75 Å². The number of methoxy groups -OCH3 is 1. The van der Waals surface area contributed by atoms with Crippen LogP contribution in [0.2, 0.25) is 0 Å². The van der Waals surface area contributed by atoms with Crippen LogP contribution in [0.25, 0.3) is 0 Å². The summed E-state index contributed by atoms with van der Waals surface area (Å²) in [6.07, 6.45) is 0.506. The summed E-state index contributed by atoms with van der Waals surface area (Å²) >= 11 is 0. The zero-order valence-electron chi connectivity index (χ0n) is 16.2. The van der Waals surface area contributed by atoms with Crippen LogP contribution in [-0.2, 0) is 21.2 Å². The highest BCUT2D eigenvalue weighted by Gasteiger charge is 2.33. The summed E-state index contributed by atoms with van der Waals surface area (Å²) in [4.78, 5) is 16.5. The molecule has 1 heterocycles. The van der Waals surface area contributed by atoms with E-state index in [9.17, 15) is 13.2 Å². The molecule has 0 saturated carbocycles. The van der Waals surface area contributed by atoms with Crippen molar-refractivity contribution in [3.05, 3.63) is 60.2 Å². The quantitative estimate of drug-likeness (QED) is 0.711. The molecule has 1 saturated heterocycles. The number of hydrogen-bond donors (Lipinski definition) is 0. The second-order valence-corrected chi connectivity index (χ2v) is 9.33. The standard InChI is InChI=1S/C21H26N2O4S/c1-22(19-12-13-28(25,26)16-19)21(24)15-23(14-17-6-4-3-5-7-17)18-8-10-20(27-2)11-9-18/h3-11,19H,12-16H2,1-2H3. The maximum atomic E-state index is 12.9. The van der Waals surface area contributed by atoms with E-state index >= 15 is 0 Å². The summed E-state index contributed by atoms with van der Waals surface area (Å²) in [5.74, 6) is 0.870. The van der Waals surface area contributed by atoms with E-state index in [2.05, 4.69) is 0 Å². The Hall–Kier alpha value is -2.54. The van der Waals surface area contributed by atoms with Crippen LogP contribution < -0.4 is 9.64 Å². The van der Waals surface area contributed by atoms with Gasteiger partial charge in [-0.15, -0.1) is 0 Å². The molecule has 0 aliphatic carbocycles. The van der Waals surface area contributed by atoms with Gasteiger partial charge in [-0.2, -0.15) is 0 Å². The van der Waals surface area contributed by atoms with Gasteiger partial charge in [-0.3, -0.25) is 4.79 Å². The van der Waals surface area contributed by atoms with Gasteiger partial charge in [-0.25, -0.2) is 8.42 Å². The van der Waals surface area contributed by atoms with Gasteiger partial charge >= 0.3 is 0 Å². The maximum Gasteiger partial charge on any atom is 0.242 e. The number of nitrogens with zero attached hydrogens (tertiary/aromatic N) is 2. The zero-order chi connectivity index (χ0) is 20.1. The Bertz CT molecular complexity index is 898. The summed E-state index contributed by atoms with van der Waals surface area (Å²) in [5.41, 5.74) is 2.00. The highest BCUT2D eigenvalue weighted by atomic mass is 32.2. The van der Waals surface area contributed by atoms with Gasteiger partial charge in [-0.1, -0.05) is 30.3 Å². The number of carbonyl (C=O) groups excluding carboxylic acids is 1. The van der Waals surface area contributed by atoms with E-state index in [1.807, 2.05) is 59.5 Å². The molecule has 7 heteroatoms. The average Bonchev–Trinajstić information content (AvgIpc) is 3.07. The first-order valence-electron chi connectivity index (χ1n) is 9.27. The van der Waals surface area contributed by atoms with E-state index in [1.54, 1.807) is 19.1 Å². The Balaban J connectivity index is 1.76. The molecule has 0 N–H and O–H groups in total. The number of rotatable bonds is 7. The van der Waals surface area contributed by atoms with Gasteiger partial charge in [-0.05, 0) is 36.2 Å². The van der Waals surface area contributed by atoms with Crippen LogP contribution >= 0.6 is 0 Å². The SMILES string of the molecule is COc1ccc(N(CC(=O)N(C)C2CCS(=O)(=O)C2)Cc2ccccc2)cc1. The number of benzene rings is 2. The molecule has 3 rings (SSSR count). The lowest BCUT2D eigenvalue weighted by molar-refractivity contribution is -0.130.